The fourth-order valence-electron chi connectivity index (χ4n) is 1.38. The number of ether oxygens (including phenoxy) is 1. The lowest BCUT2D eigenvalue weighted by Gasteiger charge is -2.06. The van der Waals surface area contributed by atoms with E-state index < -0.39 is 0 Å². The fourth-order valence-corrected chi connectivity index (χ4v) is 1.56. The summed E-state index contributed by atoms with van der Waals surface area (Å²) >= 11 is 5.77. The molecular weight excluding hydrogens is 242 g/mol. The SMILES string of the molecule is Cc1cc(COc2ccc(Cl)cc2C=O)on1. The summed E-state index contributed by atoms with van der Waals surface area (Å²) in [6.07, 6.45) is 0.701. The molecule has 0 unspecified atom stereocenters. The monoisotopic (exact) mass is 251 g/mol. The van der Waals surface area contributed by atoms with Crippen molar-refractivity contribution in [3.63, 3.8) is 0 Å². The Morgan fingerprint density at radius 1 is 1.47 bits per heavy atom. The third-order valence-electron chi connectivity index (χ3n) is 2.15. The van der Waals surface area contributed by atoms with Crippen LogP contribution in [0.2, 0.25) is 5.02 Å². The number of halogens is 1. The number of rotatable bonds is 4. The van der Waals surface area contributed by atoms with Gasteiger partial charge in [-0.05, 0) is 25.1 Å². The van der Waals surface area contributed by atoms with Crippen molar-refractivity contribution in [1.82, 2.24) is 5.16 Å². The van der Waals surface area contributed by atoms with Crippen LogP contribution in [0.5, 0.6) is 5.75 Å². The standard InChI is InChI=1S/C12H10ClNO3/c1-8-4-11(17-14-8)7-16-12-3-2-10(13)5-9(12)6-15/h2-6H,7H2,1H3. The van der Waals surface area contributed by atoms with Gasteiger partial charge in [0.1, 0.15) is 12.4 Å². The van der Waals surface area contributed by atoms with E-state index in [2.05, 4.69) is 5.16 Å². The molecule has 0 saturated heterocycles. The Kier molecular flexibility index (Phi) is 3.44. The van der Waals surface area contributed by atoms with E-state index in [4.69, 9.17) is 20.9 Å². The average molecular weight is 252 g/mol. The number of aryl methyl sites for hydroxylation is 1. The molecule has 2 rings (SSSR count). The highest BCUT2D eigenvalue weighted by atomic mass is 35.5. The Hall–Kier alpha value is -1.81. The minimum atomic E-state index is 0.226. The van der Waals surface area contributed by atoms with Crippen LogP contribution in [0.4, 0.5) is 0 Å². The van der Waals surface area contributed by atoms with Crippen molar-refractivity contribution in [2.24, 2.45) is 0 Å². The lowest BCUT2D eigenvalue weighted by molar-refractivity contribution is 0.111. The minimum absolute atomic E-state index is 0.226. The topological polar surface area (TPSA) is 52.3 Å². The average Bonchev–Trinajstić information content (AvgIpc) is 2.73. The van der Waals surface area contributed by atoms with Gasteiger partial charge >= 0.3 is 0 Å². The lowest BCUT2D eigenvalue weighted by atomic mass is 10.2. The molecule has 17 heavy (non-hydrogen) atoms. The maximum absolute atomic E-state index is 10.8. The lowest BCUT2D eigenvalue weighted by Crippen LogP contribution is -1.97. The smallest absolute Gasteiger partial charge is 0.174 e. The predicted octanol–water partition coefficient (Wildman–Crippen LogP) is 3.03. The van der Waals surface area contributed by atoms with Crippen molar-refractivity contribution in [1.29, 1.82) is 0 Å². The highest BCUT2D eigenvalue weighted by Crippen LogP contribution is 2.22. The summed E-state index contributed by atoms with van der Waals surface area (Å²) < 4.78 is 10.5. The van der Waals surface area contributed by atoms with Gasteiger partial charge in [-0.25, -0.2) is 0 Å². The molecule has 0 aliphatic rings. The molecule has 5 heteroatoms. The van der Waals surface area contributed by atoms with E-state index in [1.54, 1.807) is 24.3 Å². The van der Waals surface area contributed by atoms with Crippen LogP contribution in [0.1, 0.15) is 21.8 Å². The molecule has 0 saturated carbocycles. The zero-order chi connectivity index (χ0) is 12.3. The highest BCUT2D eigenvalue weighted by Gasteiger charge is 2.06. The van der Waals surface area contributed by atoms with E-state index in [-0.39, 0.29) is 6.61 Å². The molecule has 0 spiro atoms. The number of hydrogen-bond acceptors (Lipinski definition) is 4. The van der Waals surface area contributed by atoms with E-state index in [0.717, 1.165) is 5.69 Å². The molecule has 0 N–H and O–H groups in total. The molecule has 0 fully saturated rings. The van der Waals surface area contributed by atoms with Gasteiger partial charge in [-0.3, -0.25) is 4.79 Å². The molecule has 0 aliphatic carbocycles. The first-order valence-electron chi connectivity index (χ1n) is 4.99. The largest absolute Gasteiger partial charge is 0.485 e. The number of carbonyl (C=O) groups excluding carboxylic acids is 1. The molecule has 2 aromatic rings. The molecule has 1 heterocycles. The zero-order valence-electron chi connectivity index (χ0n) is 9.14. The van der Waals surface area contributed by atoms with Crippen LogP contribution in [0.25, 0.3) is 0 Å². The quantitative estimate of drug-likeness (QED) is 0.784. The maximum Gasteiger partial charge on any atom is 0.174 e. The van der Waals surface area contributed by atoms with Crippen molar-refractivity contribution in [3.05, 3.63) is 46.3 Å². The molecule has 0 atom stereocenters. The Bertz CT molecular complexity index is 536. The minimum Gasteiger partial charge on any atom is -0.485 e. The van der Waals surface area contributed by atoms with Crippen LogP contribution in [0.15, 0.2) is 28.8 Å². The molecule has 1 aromatic carbocycles. The van der Waals surface area contributed by atoms with Gasteiger partial charge in [0.05, 0.1) is 11.3 Å². The molecule has 4 nitrogen and oxygen atoms in total. The third-order valence-corrected chi connectivity index (χ3v) is 2.38. The summed E-state index contributed by atoms with van der Waals surface area (Å²) in [5, 5.41) is 4.24. The van der Waals surface area contributed by atoms with E-state index in [9.17, 15) is 4.79 Å². The van der Waals surface area contributed by atoms with E-state index in [0.29, 0.717) is 28.4 Å². The van der Waals surface area contributed by atoms with Crippen molar-refractivity contribution < 1.29 is 14.1 Å². The van der Waals surface area contributed by atoms with Crippen molar-refractivity contribution in [3.8, 4) is 5.75 Å². The van der Waals surface area contributed by atoms with Gasteiger partial charge in [-0.2, -0.15) is 0 Å². The summed E-state index contributed by atoms with van der Waals surface area (Å²) in [6.45, 7) is 2.05. The van der Waals surface area contributed by atoms with Crippen molar-refractivity contribution in [2.75, 3.05) is 0 Å². The third kappa shape index (κ3) is 2.85. The van der Waals surface area contributed by atoms with E-state index in [1.165, 1.54) is 0 Å². The van der Waals surface area contributed by atoms with Crippen molar-refractivity contribution in [2.45, 2.75) is 13.5 Å². The van der Waals surface area contributed by atoms with E-state index >= 15 is 0 Å². The Morgan fingerprint density at radius 3 is 2.94 bits per heavy atom. The fraction of sp³-hybridized carbons (Fsp3) is 0.167. The van der Waals surface area contributed by atoms with Crippen LogP contribution >= 0.6 is 11.6 Å². The molecule has 1 aromatic heterocycles. The maximum atomic E-state index is 10.8. The Balaban J connectivity index is 2.11. The zero-order valence-corrected chi connectivity index (χ0v) is 9.90. The number of benzene rings is 1. The summed E-state index contributed by atoms with van der Waals surface area (Å²) in [5.41, 5.74) is 1.20. The molecule has 0 radical (unpaired) electrons. The Morgan fingerprint density at radius 2 is 2.29 bits per heavy atom. The number of aldehydes is 1. The number of hydrogen-bond donors (Lipinski definition) is 0. The number of carbonyl (C=O) groups is 1. The molecule has 88 valence electrons. The van der Waals surface area contributed by atoms with E-state index in [1.807, 2.05) is 6.92 Å². The van der Waals surface area contributed by atoms with Crippen LogP contribution in [-0.4, -0.2) is 11.4 Å². The normalized spacial score (nSPS) is 10.2. The Labute approximate surface area is 103 Å². The first-order chi connectivity index (χ1) is 8.19. The van der Waals surface area contributed by atoms with Crippen LogP contribution < -0.4 is 4.74 Å². The molecule has 0 aliphatic heterocycles. The van der Waals surface area contributed by atoms with Gasteiger partial charge in [0, 0.05) is 11.1 Å². The second-order valence-corrected chi connectivity index (χ2v) is 3.96. The summed E-state index contributed by atoms with van der Waals surface area (Å²) in [5.74, 6) is 1.08. The van der Waals surface area contributed by atoms with Gasteiger partial charge in [0.2, 0.25) is 0 Å². The van der Waals surface area contributed by atoms with Crippen LogP contribution in [0.3, 0.4) is 0 Å². The van der Waals surface area contributed by atoms with Gasteiger partial charge < -0.3 is 9.26 Å². The van der Waals surface area contributed by atoms with Crippen LogP contribution in [-0.2, 0) is 6.61 Å². The van der Waals surface area contributed by atoms with Crippen LogP contribution in [0, 0.1) is 6.92 Å². The van der Waals surface area contributed by atoms with Gasteiger partial charge in [0.15, 0.2) is 12.0 Å². The predicted molar refractivity (Wildman–Crippen MR) is 62.4 cm³/mol. The molecule has 0 bridgehead atoms. The highest BCUT2D eigenvalue weighted by molar-refractivity contribution is 6.30. The summed E-state index contributed by atoms with van der Waals surface area (Å²) in [6, 6.07) is 6.64. The molecular formula is C12H10ClNO3. The summed E-state index contributed by atoms with van der Waals surface area (Å²) in [7, 11) is 0. The second kappa shape index (κ2) is 5.01. The first-order valence-corrected chi connectivity index (χ1v) is 5.36. The first kappa shape index (κ1) is 11.7. The van der Waals surface area contributed by atoms with Gasteiger partial charge in [-0.15, -0.1) is 0 Å². The second-order valence-electron chi connectivity index (χ2n) is 3.52. The molecule has 0 amide bonds. The number of aromatic nitrogens is 1. The van der Waals surface area contributed by atoms with Gasteiger partial charge in [-0.1, -0.05) is 16.8 Å². The van der Waals surface area contributed by atoms with Crippen molar-refractivity contribution >= 4 is 17.9 Å². The van der Waals surface area contributed by atoms with Gasteiger partial charge in [0.25, 0.3) is 0 Å². The summed E-state index contributed by atoms with van der Waals surface area (Å²) in [4.78, 5) is 10.8. The number of nitrogens with zero attached hydrogens (tertiary/aromatic N) is 1.